The zero-order valence-electron chi connectivity index (χ0n) is 9.06. The van der Waals surface area contributed by atoms with Crippen LogP contribution in [0.1, 0.15) is 18.9 Å². The van der Waals surface area contributed by atoms with E-state index in [9.17, 15) is 0 Å². The van der Waals surface area contributed by atoms with Crippen molar-refractivity contribution in [1.82, 2.24) is 0 Å². The standard InChI is InChI=1S/C12H15NO2/c1-9-5-3-4-6-12(9)14-8-11-7-10(2)13-15-11/h3-6,11H,7-8H2,1-2H3/t11-/m0/s1. The van der Waals surface area contributed by atoms with Gasteiger partial charge in [-0.15, -0.1) is 0 Å². The van der Waals surface area contributed by atoms with E-state index in [0.29, 0.717) is 6.61 Å². The molecular weight excluding hydrogens is 190 g/mol. The molecule has 0 aromatic heterocycles. The molecule has 1 heterocycles. The van der Waals surface area contributed by atoms with Crippen LogP contribution in [0.3, 0.4) is 0 Å². The molecule has 0 radical (unpaired) electrons. The first-order valence-electron chi connectivity index (χ1n) is 5.13. The van der Waals surface area contributed by atoms with Crippen LogP contribution in [-0.2, 0) is 4.84 Å². The summed E-state index contributed by atoms with van der Waals surface area (Å²) in [6.45, 7) is 4.56. The Morgan fingerprint density at radius 2 is 2.20 bits per heavy atom. The smallest absolute Gasteiger partial charge is 0.166 e. The molecule has 1 aromatic carbocycles. The topological polar surface area (TPSA) is 30.8 Å². The van der Waals surface area contributed by atoms with Crippen LogP contribution in [0.15, 0.2) is 29.4 Å². The summed E-state index contributed by atoms with van der Waals surface area (Å²) in [5, 5.41) is 3.89. The van der Waals surface area contributed by atoms with E-state index < -0.39 is 0 Å². The summed E-state index contributed by atoms with van der Waals surface area (Å²) in [6, 6.07) is 7.98. The Morgan fingerprint density at radius 1 is 1.40 bits per heavy atom. The molecule has 0 bridgehead atoms. The average Bonchev–Trinajstić information content (AvgIpc) is 2.63. The number of para-hydroxylation sites is 1. The van der Waals surface area contributed by atoms with Gasteiger partial charge in [0.2, 0.25) is 0 Å². The average molecular weight is 205 g/mol. The van der Waals surface area contributed by atoms with Gasteiger partial charge in [-0.3, -0.25) is 0 Å². The number of aryl methyl sites for hydroxylation is 1. The number of benzene rings is 1. The van der Waals surface area contributed by atoms with Gasteiger partial charge in [0.25, 0.3) is 0 Å². The number of oxime groups is 1. The van der Waals surface area contributed by atoms with Crippen LogP contribution >= 0.6 is 0 Å². The molecule has 0 saturated carbocycles. The van der Waals surface area contributed by atoms with E-state index in [1.54, 1.807) is 0 Å². The minimum Gasteiger partial charge on any atom is -0.489 e. The predicted molar refractivity (Wildman–Crippen MR) is 59.3 cm³/mol. The maximum Gasteiger partial charge on any atom is 0.166 e. The van der Waals surface area contributed by atoms with E-state index in [2.05, 4.69) is 5.16 Å². The van der Waals surface area contributed by atoms with Gasteiger partial charge in [0.15, 0.2) is 6.10 Å². The third-order valence-corrected chi connectivity index (χ3v) is 2.40. The summed E-state index contributed by atoms with van der Waals surface area (Å²) in [7, 11) is 0. The molecule has 0 spiro atoms. The summed E-state index contributed by atoms with van der Waals surface area (Å²) in [6.07, 6.45) is 0.941. The van der Waals surface area contributed by atoms with Gasteiger partial charge in [-0.2, -0.15) is 0 Å². The largest absolute Gasteiger partial charge is 0.489 e. The molecule has 1 atom stereocenters. The van der Waals surface area contributed by atoms with Crippen molar-refractivity contribution >= 4 is 5.71 Å². The molecular formula is C12H15NO2. The number of rotatable bonds is 3. The summed E-state index contributed by atoms with van der Waals surface area (Å²) >= 11 is 0. The molecule has 15 heavy (non-hydrogen) atoms. The van der Waals surface area contributed by atoms with Crippen LogP contribution in [0.25, 0.3) is 0 Å². The number of hydrogen-bond acceptors (Lipinski definition) is 3. The van der Waals surface area contributed by atoms with Gasteiger partial charge < -0.3 is 9.57 Å². The maximum atomic E-state index is 5.67. The lowest BCUT2D eigenvalue weighted by Gasteiger charge is -2.11. The second-order valence-corrected chi connectivity index (χ2v) is 3.83. The molecule has 0 N–H and O–H groups in total. The zero-order valence-corrected chi connectivity index (χ0v) is 9.06. The number of hydrogen-bond donors (Lipinski definition) is 0. The van der Waals surface area contributed by atoms with Gasteiger partial charge in [-0.25, -0.2) is 0 Å². The van der Waals surface area contributed by atoms with Crippen molar-refractivity contribution in [2.24, 2.45) is 5.16 Å². The van der Waals surface area contributed by atoms with E-state index in [1.165, 1.54) is 0 Å². The highest BCUT2D eigenvalue weighted by molar-refractivity contribution is 5.82. The Labute approximate surface area is 89.7 Å². The van der Waals surface area contributed by atoms with Crippen LogP contribution in [-0.4, -0.2) is 18.4 Å². The zero-order chi connectivity index (χ0) is 10.7. The quantitative estimate of drug-likeness (QED) is 0.759. The lowest BCUT2D eigenvalue weighted by atomic mass is 10.2. The van der Waals surface area contributed by atoms with E-state index in [4.69, 9.17) is 9.57 Å². The molecule has 1 aliphatic rings. The number of ether oxygens (including phenoxy) is 1. The third-order valence-electron chi connectivity index (χ3n) is 2.40. The fourth-order valence-corrected chi connectivity index (χ4v) is 1.56. The lowest BCUT2D eigenvalue weighted by Crippen LogP contribution is -2.17. The lowest BCUT2D eigenvalue weighted by molar-refractivity contribution is 0.0469. The first-order valence-corrected chi connectivity index (χ1v) is 5.13. The minimum absolute atomic E-state index is 0.0737. The van der Waals surface area contributed by atoms with Gasteiger partial charge in [-0.1, -0.05) is 23.4 Å². The third kappa shape index (κ3) is 2.49. The van der Waals surface area contributed by atoms with Crippen LogP contribution in [0.5, 0.6) is 5.75 Å². The fraction of sp³-hybridized carbons (Fsp3) is 0.417. The SMILES string of the molecule is CC1=NO[C@H](COc2ccccc2C)C1. The van der Waals surface area contributed by atoms with Crippen molar-refractivity contribution in [3.63, 3.8) is 0 Å². The molecule has 0 fully saturated rings. The van der Waals surface area contributed by atoms with Gasteiger partial charge in [-0.05, 0) is 25.5 Å². The van der Waals surface area contributed by atoms with E-state index >= 15 is 0 Å². The van der Waals surface area contributed by atoms with Crippen LogP contribution in [0.4, 0.5) is 0 Å². The Balaban J connectivity index is 1.86. The molecule has 0 amide bonds. The van der Waals surface area contributed by atoms with Crippen molar-refractivity contribution in [3.8, 4) is 5.75 Å². The van der Waals surface area contributed by atoms with Gasteiger partial charge in [0.1, 0.15) is 12.4 Å². The normalized spacial score (nSPS) is 19.6. The van der Waals surface area contributed by atoms with E-state index in [-0.39, 0.29) is 6.10 Å². The molecule has 0 saturated heterocycles. The van der Waals surface area contributed by atoms with Gasteiger partial charge in [0, 0.05) is 6.42 Å². The molecule has 3 nitrogen and oxygen atoms in total. The molecule has 0 unspecified atom stereocenters. The second-order valence-electron chi connectivity index (χ2n) is 3.83. The maximum absolute atomic E-state index is 5.67. The van der Waals surface area contributed by atoms with Crippen molar-refractivity contribution in [2.75, 3.05) is 6.61 Å². The van der Waals surface area contributed by atoms with Crippen molar-refractivity contribution < 1.29 is 9.57 Å². The molecule has 80 valence electrons. The predicted octanol–water partition coefficient (Wildman–Crippen LogP) is 2.54. The molecule has 3 heteroatoms. The van der Waals surface area contributed by atoms with Crippen LogP contribution in [0, 0.1) is 6.92 Å². The van der Waals surface area contributed by atoms with Gasteiger partial charge in [0.05, 0.1) is 5.71 Å². The van der Waals surface area contributed by atoms with Crippen molar-refractivity contribution in [2.45, 2.75) is 26.4 Å². The monoisotopic (exact) mass is 205 g/mol. The van der Waals surface area contributed by atoms with Crippen LogP contribution in [0.2, 0.25) is 0 Å². The fourth-order valence-electron chi connectivity index (χ4n) is 1.56. The number of nitrogens with zero attached hydrogens (tertiary/aromatic N) is 1. The van der Waals surface area contributed by atoms with Crippen molar-refractivity contribution in [1.29, 1.82) is 0 Å². The van der Waals surface area contributed by atoms with E-state index in [0.717, 1.165) is 23.4 Å². The Morgan fingerprint density at radius 3 is 2.87 bits per heavy atom. The summed E-state index contributed by atoms with van der Waals surface area (Å²) in [4.78, 5) is 5.19. The Kier molecular flexibility index (Phi) is 2.90. The van der Waals surface area contributed by atoms with Crippen molar-refractivity contribution in [3.05, 3.63) is 29.8 Å². The molecule has 1 aromatic rings. The highest BCUT2D eigenvalue weighted by atomic mass is 16.7. The molecule has 2 rings (SSSR count). The molecule has 1 aliphatic heterocycles. The Bertz CT molecular complexity index is 374. The summed E-state index contributed by atoms with van der Waals surface area (Å²) in [5.74, 6) is 0.922. The van der Waals surface area contributed by atoms with Gasteiger partial charge >= 0.3 is 0 Å². The van der Waals surface area contributed by atoms with E-state index in [1.807, 2.05) is 38.1 Å². The summed E-state index contributed by atoms with van der Waals surface area (Å²) in [5.41, 5.74) is 2.18. The Hall–Kier alpha value is -1.51. The summed E-state index contributed by atoms with van der Waals surface area (Å²) < 4.78 is 5.67. The minimum atomic E-state index is 0.0737. The van der Waals surface area contributed by atoms with Crippen LogP contribution < -0.4 is 4.74 Å². The highest BCUT2D eigenvalue weighted by Crippen LogP contribution is 2.18. The first kappa shape index (κ1) is 10.0. The highest BCUT2D eigenvalue weighted by Gasteiger charge is 2.18. The first-order chi connectivity index (χ1) is 7.25. The second kappa shape index (κ2) is 4.34. The molecule has 0 aliphatic carbocycles.